The van der Waals surface area contributed by atoms with Gasteiger partial charge in [0.05, 0.1) is 0 Å². The van der Waals surface area contributed by atoms with Crippen molar-refractivity contribution in [2.75, 3.05) is 6.54 Å². The number of aryl methyl sites for hydroxylation is 2. The van der Waals surface area contributed by atoms with E-state index < -0.39 is 5.63 Å². The predicted octanol–water partition coefficient (Wildman–Crippen LogP) is 4.19. The molecule has 7 heteroatoms. The van der Waals surface area contributed by atoms with Gasteiger partial charge < -0.3 is 13.9 Å². The highest BCUT2D eigenvalue weighted by molar-refractivity contribution is 6.04. The number of phenolic OH excluding ortho intramolecular Hbond substituents is 1. The van der Waals surface area contributed by atoms with Crippen molar-refractivity contribution in [3.8, 4) is 5.75 Å². The van der Waals surface area contributed by atoms with E-state index in [9.17, 15) is 9.90 Å². The van der Waals surface area contributed by atoms with Gasteiger partial charge in [0.1, 0.15) is 28.1 Å². The Kier molecular flexibility index (Phi) is 3.95. The molecule has 0 aliphatic heterocycles. The van der Waals surface area contributed by atoms with Crippen LogP contribution >= 0.6 is 0 Å². The summed E-state index contributed by atoms with van der Waals surface area (Å²) in [7, 11) is 0. The topological polar surface area (TPSA) is 112 Å². The number of unbranched alkanes of at least 4 members (excludes halogenated alkanes) is 1. The van der Waals surface area contributed by atoms with Crippen molar-refractivity contribution in [2.24, 2.45) is 5.11 Å². The number of nitrogens with zero attached hydrogens (tertiary/aromatic N) is 3. The van der Waals surface area contributed by atoms with Gasteiger partial charge in [-0.05, 0) is 36.9 Å². The lowest BCUT2D eigenvalue weighted by molar-refractivity contribution is 0.457. The number of rotatable bonds is 5. The molecule has 0 amide bonds. The minimum atomic E-state index is -0.448. The smallest absolute Gasteiger partial charge is 0.347 e. The van der Waals surface area contributed by atoms with Crippen LogP contribution in [0.3, 0.4) is 0 Å². The molecule has 0 saturated heterocycles. The maximum atomic E-state index is 12.3. The largest absolute Gasteiger partial charge is 0.508 e. The maximum absolute atomic E-state index is 12.3. The second-order valence-corrected chi connectivity index (χ2v) is 5.39. The zero-order valence-corrected chi connectivity index (χ0v) is 12.6. The SMILES string of the molecule is Cc1cc2c(cc1O)oc1cc(CCCCN=[N+]=[N-])oc(=O)c12. The molecule has 0 spiro atoms. The highest BCUT2D eigenvalue weighted by Gasteiger charge is 2.15. The summed E-state index contributed by atoms with van der Waals surface area (Å²) in [6.07, 6.45) is 2.03. The lowest BCUT2D eigenvalue weighted by Gasteiger charge is -1.99. The molecule has 0 unspecified atom stereocenters. The van der Waals surface area contributed by atoms with Crippen molar-refractivity contribution in [3.63, 3.8) is 0 Å². The number of azide groups is 1. The summed E-state index contributed by atoms with van der Waals surface area (Å²) >= 11 is 0. The van der Waals surface area contributed by atoms with Crippen LogP contribution in [0.2, 0.25) is 0 Å². The van der Waals surface area contributed by atoms with Crippen LogP contribution in [0.4, 0.5) is 0 Å². The van der Waals surface area contributed by atoms with E-state index in [0.29, 0.717) is 46.2 Å². The number of hydrogen-bond donors (Lipinski definition) is 1. The fourth-order valence-electron chi connectivity index (χ4n) is 2.57. The first kappa shape index (κ1) is 15.0. The van der Waals surface area contributed by atoms with E-state index in [1.165, 1.54) is 6.07 Å². The Morgan fingerprint density at radius 3 is 2.83 bits per heavy atom. The Labute approximate surface area is 130 Å². The minimum absolute atomic E-state index is 0.124. The summed E-state index contributed by atoms with van der Waals surface area (Å²) in [5.74, 6) is 0.655. The molecular weight excluding hydrogens is 298 g/mol. The van der Waals surface area contributed by atoms with Gasteiger partial charge in [-0.25, -0.2) is 4.79 Å². The van der Waals surface area contributed by atoms with Crippen LogP contribution in [-0.2, 0) is 6.42 Å². The number of benzene rings is 1. The van der Waals surface area contributed by atoms with E-state index in [-0.39, 0.29) is 5.75 Å². The van der Waals surface area contributed by atoms with Gasteiger partial charge in [0.2, 0.25) is 0 Å². The van der Waals surface area contributed by atoms with E-state index in [1.807, 2.05) is 0 Å². The third-order valence-corrected chi connectivity index (χ3v) is 3.75. The molecule has 1 aromatic carbocycles. The molecule has 1 N–H and O–H groups in total. The van der Waals surface area contributed by atoms with Crippen molar-refractivity contribution in [1.82, 2.24) is 0 Å². The molecule has 2 aromatic heterocycles. The van der Waals surface area contributed by atoms with Gasteiger partial charge in [-0.3, -0.25) is 0 Å². The summed E-state index contributed by atoms with van der Waals surface area (Å²) in [6, 6.07) is 4.92. The lowest BCUT2D eigenvalue weighted by atomic mass is 10.1. The number of furan rings is 1. The van der Waals surface area contributed by atoms with Crippen molar-refractivity contribution < 1.29 is 13.9 Å². The van der Waals surface area contributed by atoms with E-state index in [1.54, 1.807) is 19.1 Å². The van der Waals surface area contributed by atoms with Gasteiger partial charge in [-0.1, -0.05) is 5.11 Å². The first-order valence-corrected chi connectivity index (χ1v) is 7.30. The third kappa shape index (κ3) is 2.86. The van der Waals surface area contributed by atoms with Crippen LogP contribution in [0.25, 0.3) is 32.4 Å². The molecule has 7 nitrogen and oxygen atoms in total. The molecular formula is C16H15N3O4. The Hall–Kier alpha value is -2.92. The van der Waals surface area contributed by atoms with Crippen LogP contribution in [0.5, 0.6) is 5.75 Å². The van der Waals surface area contributed by atoms with Crippen molar-refractivity contribution in [2.45, 2.75) is 26.2 Å². The highest BCUT2D eigenvalue weighted by Crippen LogP contribution is 2.31. The van der Waals surface area contributed by atoms with Gasteiger partial charge in [0.25, 0.3) is 0 Å². The molecule has 0 atom stereocenters. The summed E-state index contributed by atoms with van der Waals surface area (Å²) in [6.45, 7) is 2.18. The molecule has 0 radical (unpaired) electrons. The van der Waals surface area contributed by atoms with E-state index in [0.717, 1.165) is 12.8 Å². The second-order valence-electron chi connectivity index (χ2n) is 5.39. The van der Waals surface area contributed by atoms with Crippen LogP contribution in [0.15, 0.2) is 36.9 Å². The van der Waals surface area contributed by atoms with E-state index in [2.05, 4.69) is 10.0 Å². The molecule has 0 saturated carbocycles. The standard InChI is InChI=1S/C16H15N3O4/c1-9-6-11-13(8-12(9)20)23-14-7-10(22-16(21)15(11)14)4-2-3-5-18-19-17/h6-8,20H,2-5H2,1H3. The predicted molar refractivity (Wildman–Crippen MR) is 85.6 cm³/mol. The summed E-state index contributed by atoms with van der Waals surface area (Å²) < 4.78 is 11.0. The molecule has 3 rings (SSSR count). The Morgan fingerprint density at radius 1 is 1.22 bits per heavy atom. The Balaban J connectivity index is 1.97. The average molecular weight is 313 g/mol. The fraction of sp³-hybridized carbons (Fsp3) is 0.312. The normalized spacial score (nSPS) is 11.0. The fourth-order valence-corrected chi connectivity index (χ4v) is 2.57. The van der Waals surface area contributed by atoms with Crippen LogP contribution in [-0.4, -0.2) is 11.7 Å². The molecule has 0 bridgehead atoms. The molecule has 118 valence electrons. The lowest BCUT2D eigenvalue weighted by Crippen LogP contribution is -2.01. The van der Waals surface area contributed by atoms with Gasteiger partial charge in [0.15, 0.2) is 0 Å². The number of hydrogen-bond acceptors (Lipinski definition) is 5. The highest BCUT2D eigenvalue weighted by atomic mass is 16.4. The number of aromatic hydroxyl groups is 1. The zero-order valence-electron chi connectivity index (χ0n) is 12.6. The van der Waals surface area contributed by atoms with Gasteiger partial charge >= 0.3 is 5.63 Å². The van der Waals surface area contributed by atoms with Gasteiger partial charge in [-0.15, -0.1) is 0 Å². The first-order valence-electron chi connectivity index (χ1n) is 7.30. The zero-order chi connectivity index (χ0) is 16.4. The quantitative estimate of drug-likeness (QED) is 0.329. The maximum Gasteiger partial charge on any atom is 0.347 e. The third-order valence-electron chi connectivity index (χ3n) is 3.75. The van der Waals surface area contributed by atoms with Crippen LogP contribution in [0, 0.1) is 6.92 Å². The summed E-state index contributed by atoms with van der Waals surface area (Å²) in [5.41, 5.74) is 9.34. The summed E-state index contributed by atoms with van der Waals surface area (Å²) in [5, 5.41) is 14.2. The van der Waals surface area contributed by atoms with Crippen molar-refractivity contribution >= 4 is 21.9 Å². The Morgan fingerprint density at radius 2 is 2.04 bits per heavy atom. The van der Waals surface area contributed by atoms with Crippen LogP contribution in [0.1, 0.15) is 24.2 Å². The molecule has 3 aromatic rings. The summed E-state index contributed by atoms with van der Waals surface area (Å²) in [4.78, 5) is 14.9. The average Bonchev–Trinajstić information content (AvgIpc) is 2.85. The van der Waals surface area contributed by atoms with Gasteiger partial charge in [0, 0.05) is 35.4 Å². The monoisotopic (exact) mass is 313 g/mol. The number of phenols is 1. The van der Waals surface area contributed by atoms with E-state index >= 15 is 0 Å². The second kappa shape index (κ2) is 6.06. The molecule has 0 aliphatic rings. The molecule has 23 heavy (non-hydrogen) atoms. The van der Waals surface area contributed by atoms with Gasteiger partial charge in [-0.2, -0.15) is 0 Å². The first-order chi connectivity index (χ1) is 11.1. The van der Waals surface area contributed by atoms with Crippen LogP contribution < -0.4 is 5.63 Å². The molecule has 0 aliphatic carbocycles. The number of fused-ring (bicyclic) bond motifs is 3. The molecule has 0 fully saturated rings. The molecule has 2 heterocycles. The van der Waals surface area contributed by atoms with E-state index in [4.69, 9.17) is 14.4 Å². The van der Waals surface area contributed by atoms with Crippen molar-refractivity contribution in [3.05, 3.63) is 50.4 Å². The minimum Gasteiger partial charge on any atom is -0.508 e. The Bertz CT molecular complexity index is 980. The van der Waals surface area contributed by atoms with Crippen molar-refractivity contribution in [1.29, 1.82) is 0 Å².